The van der Waals surface area contributed by atoms with E-state index in [0.717, 1.165) is 11.7 Å². The highest BCUT2D eigenvalue weighted by molar-refractivity contribution is 8.14. The van der Waals surface area contributed by atoms with Gasteiger partial charge >= 0.3 is 0 Å². The molecule has 0 aromatic heterocycles. The third-order valence-corrected chi connectivity index (χ3v) is 4.99. The second kappa shape index (κ2) is 4.99. The summed E-state index contributed by atoms with van der Waals surface area (Å²) in [6.45, 7) is 6.81. The summed E-state index contributed by atoms with van der Waals surface area (Å²) in [5, 5.41) is 4.71. The zero-order valence-electron chi connectivity index (χ0n) is 10.8. The van der Waals surface area contributed by atoms with Crippen LogP contribution in [0, 0.1) is 5.92 Å². The average molecular weight is 240 g/mol. The fraction of sp³-hybridized carbons (Fsp3) is 0.923. The number of nitrogens with one attached hydrogen (secondary N) is 1. The van der Waals surface area contributed by atoms with Crippen LogP contribution in [-0.2, 0) is 0 Å². The highest BCUT2D eigenvalue weighted by atomic mass is 32.2. The van der Waals surface area contributed by atoms with Gasteiger partial charge in [0.15, 0.2) is 5.17 Å². The number of nitrogens with zero attached hydrogens (tertiary/aromatic N) is 1. The van der Waals surface area contributed by atoms with Crippen LogP contribution in [0.1, 0.15) is 52.9 Å². The molecule has 2 rings (SSSR count). The Bertz CT molecular complexity index is 273. The number of amidine groups is 1. The van der Waals surface area contributed by atoms with Crippen LogP contribution in [0.2, 0.25) is 0 Å². The van der Waals surface area contributed by atoms with Gasteiger partial charge in [-0.15, -0.1) is 0 Å². The van der Waals surface area contributed by atoms with Crippen molar-refractivity contribution in [1.82, 2.24) is 5.32 Å². The SMILES string of the molecule is CCC1CCCC(N=C2NC(C)(C)CS2)C1. The Morgan fingerprint density at radius 1 is 1.44 bits per heavy atom. The summed E-state index contributed by atoms with van der Waals surface area (Å²) in [4.78, 5) is 4.90. The summed E-state index contributed by atoms with van der Waals surface area (Å²) in [5.74, 6) is 2.07. The highest BCUT2D eigenvalue weighted by Crippen LogP contribution is 2.30. The van der Waals surface area contributed by atoms with E-state index in [1.165, 1.54) is 37.3 Å². The Morgan fingerprint density at radius 3 is 2.88 bits per heavy atom. The van der Waals surface area contributed by atoms with Gasteiger partial charge in [-0.25, -0.2) is 0 Å². The smallest absolute Gasteiger partial charge is 0.157 e. The van der Waals surface area contributed by atoms with Crippen molar-refractivity contribution in [3.8, 4) is 0 Å². The molecule has 1 aliphatic heterocycles. The van der Waals surface area contributed by atoms with Crippen LogP contribution < -0.4 is 5.32 Å². The van der Waals surface area contributed by atoms with Gasteiger partial charge in [0.25, 0.3) is 0 Å². The molecule has 0 spiro atoms. The third-order valence-electron chi connectivity index (χ3n) is 3.65. The monoisotopic (exact) mass is 240 g/mol. The van der Waals surface area contributed by atoms with Crippen molar-refractivity contribution in [2.24, 2.45) is 10.9 Å². The van der Waals surface area contributed by atoms with E-state index >= 15 is 0 Å². The van der Waals surface area contributed by atoms with Crippen LogP contribution >= 0.6 is 11.8 Å². The first-order valence-corrected chi connectivity index (χ1v) is 7.56. The first kappa shape index (κ1) is 12.3. The van der Waals surface area contributed by atoms with E-state index in [9.17, 15) is 0 Å². The Morgan fingerprint density at radius 2 is 2.25 bits per heavy atom. The highest BCUT2D eigenvalue weighted by Gasteiger charge is 2.29. The molecule has 92 valence electrons. The average Bonchev–Trinajstić information content (AvgIpc) is 2.58. The maximum absolute atomic E-state index is 4.90. The van der Waals surface area contributed by atoms with Crippen molar-refractivity contribution in [3.05, 3.63) is 0 Å². The number of hydrogen-bond acceptors (Lipinski definition) is 2. The van der Waals surface area contributed by atoms with E-state index < -0.39 is 0 Å². The Hall–Kier alpha value is -0.180. The third kappa shape index (κ3) is 3.16. The summed E-state index contributed by atoms with van der Waals surface area (Å²) >= 11 is 1.89. The molecule has 2 unspecified atom stereocenters. The Labute approximate surface area is 104 Å². The van der Waals surface area contributed by atoms with Crippen molar-refractivity contribution >= 4 is 16.9 Å². The van der Waals surface area contributed by atoms with Gasteiger partial charge in [0.05, 0.1) is 6.04 Å². The molecule has 16 heavy (non-hydrogen) atoms. The zero-order chi connectivity index (χ0) is 11.6. The van der Waals surface area contributed by atoms with Gasteiger partial charge in [0.2, 0.25) is 0 Å². The lowest BCUT2D eigenvalue weighted by Crippen LogP contribution is -2.37. The standard InChI is InChI=1S/C13H24N2S/c1-4-10-6-5-7-11(8-10)14-12-15-13(2,3)9-16-12/h10-11H,4-9H2,1-3H3,(H,14,15). The number of aliphatic imine (C=N–C) groups is 1. The summed E-state index contributed by atoms with van der Waals surface area (Å²) < 4.78 is 0. The van der Waals surface area contributed by atoms with Gasteiger partial charge in [-0.1, -0.05) is 37.9 Å². The lowest BCUT2D eigenvalue weighted by molar-refractivity contribution is 0.316. The quantitative estimate of drug-likeness (QED) is 0.799. The summed E-state index contributed by atoms with van der Waals surface area (Å²) in [7, 11) is 0. The van der Waals surface area contributed by atoms with Crippen molar-refractivity contribution in [2.45, 2.75) is 64.5 Å². The number of thioether (sulfide) groups is 1. The Balaban J connectivity index is 1.91. The molecule has 1 N–H and O–H groups in total. The van der Waals surface area contributed by atoms with Gasteiger partial charge in [-0.3, -0.25) is 4.99 Å². The van der Waals surface area contributed by atoms with Gasteiger partial charge < -0.3 is 5.32 Å². The Kier molecular flexibility index (Phi) is 3.83. The largest absolute Gasteiger partial charge is 0.359 e. The van der Waals surface area contributed by atoms with E-state index in [4.69, 9.17) is 4.99 Å². The van der Waals surface area contributed by atoms with Crippen molar-refractivity contribution in [1.29, 1.82) is 0 Å². The van der Waals surface area contributed by atoms with E-state index in [2.05, 4.69) is 26.1 Å². The molecular weight excluding hydrogens is 216 g/mol. The van der Waals surface area contributed by atoms with Crippen molar-refractivity contribution < 1.29 is 0 Å². The molecule has 2 nitrogen and oxygen atoms in total. The molecule has 0 amide bonds. The van der Waals surface area contributed by atoms with Crippen molar-refractivity contribution in [3.63, 3.8) is 0 Å². The molecule has 3 heteroatoms. The fourth-order valence-corrected chi connectivity index (χ4v) is 3.74. The van der Waals surface area contributed by atoms with E-state index in [0.29, 0.717) is 6.04 Å². The van der Waals surface area contributed by atoms with Crippen LogP contribution in [0.25, 0.3) is 0 Å². The maximum atomic E-state index is 4.90. The normalized spacial score (nSPS) is 36.3. The van der Waals surface area contributed by atoms with Crippen LogP contribution in [0.15, 0.2) is 4.99 Å². The summed E-state index contributed by atoms with van der Waals surface area (Å²) in [5.41, 5.74) is 0.238. The molecular formula is C13H24N2S. The molecule has 0 aromatic carbocycles. The molecule has 1 heterocycles. The minimum Gasteiger partial charge on any atom is -0.359 e. The lowest BCUT2D eigenvalue weighted by atomic mass is 9.84. The van der Waals surface area contributed by atoms with E-state index in [-0.39, 0.29) is 5.54 Å². The minimum atomic E-state index is 0.238. The van der Waals surface area contributed by atoms with Crippen LogP contribution in [-0.4, -0.2) is 22.5 Å². The molecule has 2 aliphatic rings. The zero-order valence-corrected chi connectivity index (χ0v) is 11.6. The predicted molar refractivity (Wildman–Crippen MR) is 73.1 cm³/mol. The second-order valence-electron chi connectivity index (χ2n) is 5.83. The number of rotatable bonds is 2. The first-order valence-electron chi connectivity index (χ1n) is 6.58. The topological polar surface area (TPSA) is 24.4 Å². The second-order valence-corrected chi connectivity index (χ2v) is 6.79. The van der Waals surface area contributed by atoms with E-state index in [1.54, 1.807) is 0 Å². The molecule has 2 fully saturated rings. The summed E-state index contributed by atoms with van der Waals surface area (Å²) in [6, 6.07) is 0.586. The molecule has 1 aliphatic carbocycles. The summed E-state index contributed by atoms with van der Waals surface area (Å²) in [6.07, 6.45) is 6.72. The first-order chi connectivity index (χ1) is 7.59. The molecule has 1 saturated heterocycles. The molecule has 1 saturated carbocycles. The number of hydrogen-bond donors (Lipinski definition) is 1. The van der Waals surface area contributed by atoms with Gasteiger partial charge in [-0.05, 0) is 32.6 Å². The van der Waals surface area contributed by atoms with Gasteiger partial charge in [-0.2, -0.15) is 0 Å². The van der Waals surface area contributed by atoms with Gasteiger partial charge in [0.1, 0.15) is 0 Å². The molecule has 0 bridgehead atoms. The lowest BCUT2D eigenvalue weighted by Gasteiger charge is -2.26. The maximum Gasteiger partial charge on any atom is 0.157 e. The van der Waals surface area contributed by atoms with E-state index in [1.807, 2.05) is 11.8 Å². The molecule has 2 atom stereocenters. The minimum absolute atomic E-state index is 0.238. The van der Waals surface area contributed by atoms with Gasteiger partial charge in [0, 0.05) is 11.3 Å². The molecule has 0 aromatic rings. The fourth-order valence-electron chi connectivity index (χ4n) is 2.60. The van der Waals surface area contributed by atoms with Crippen LogP contribution in [0.4, 0.5) is 0 Å². The predicted octanol–water partition coefficient (Wildman–Crippen LogP) is 3.43. The molecule has 0 radical (unpaired) electrons. The van der Waals surface area contributed by atoms with Crippen LogP contribution in [0.3, 0.4) is 0 Å². The van der Waals surface area contributed by atoms with Crippen molar-refractivity contribution in [2.75, 3.05) is 5.75 Å². The van der Waals surface area contributed by atoms with Crippen LogP contribution in [0.5, 0.6) is 0 Å².